The van der Waals surface area contributed by atoms with Crippen molar-refractivity contribution in [3.8, 4) is 0 Å². The maximum absolute atomic E-state index is 6.42. The van der Waals surface area contributed by atoms with Gasteiger partial charge in [0.1, 0.15) is 0 Å². The van der Waals surface area contributed by atoms with Gasteiger partial charge < -0.3 is 4.90 Å². The van der Waals surface area contributed by atoms with Gasteiger partial charge in [-0.1, -0.05) is 23.2 Å². The highest BCUT2D eigenvalue weighted by molar-refractivity contribution is 6.35. The van der Waals surface area contributed by atoms with Crippen LogP contribution in [0.3, 0.4) is 0 Å². The van der Waals surface area contributed by atoms with Crippen LogP contribution in [0.1, 0.15) is 24.8 Å². The maximum Gasteiger partial charge on any atom is 0.0643 e. The molecule has 3 rings (SSSR count). The van der Waals surface area contributed by atoms with E-state index >= 15 is 0 Å². The number of rotatable bonds is 1. The fourth-order valence-corrected chi connectivity index (χ4v) is 3.80. The third-order valence-corrected chi connectivity index (χ3v) is 5.08. The lowest BCUT2D eigenvalue weighted by atomic mass is 10.1. The molecule has 2 fully saturated rings. The van der Waals surface area contributed by atoms with Crippen LogP contribution in [0.4, 0.5) is 5.69 Å². The minimum absolute atomic E-state index is 0.693. The minimum atomic E-state index is 0.693. The number of halogens is 2. The summed E-state index contributed by atoms with van der Waals surface area (Å²) < 4.78 is 0. The highest BCUT2D eigenvalue weighted by Crippen LogP contribution is 2.34. The first-order valence-corrected chi connectivity index (χ1v) is 7.85. The highest BCUT2D eigenvalue weighted by atomic mass is 35.5. The number of nitrogens with zero attached hydrogens (tertiary/aromatic N) is 2. The molecule has 2 heterocycles. The summed E-state index contributed by atoms with van der Waals surface area (Å²) >= 11 is 12.7. The molecule has 2 nitrogen and oxygen atoms in total. The van der Waals surface area contributed by atoms with Crippen LogP contribution < -0.4 is 4.90 Å². The molecule has 1 aromatic rings. The Hall–Kier alpha value is -0.440. The van der Waals surface area contributed by atoms with Crippen molar-refractivity contribution in [3.05, 3.63) is 27.7 Å². The van der Waals surface area contributed by atoms with Gasteiger partial charge in [-0.15, -0.1) is 0 Å². The smallest absolute Gasteiger partial charge is 0.0643 e. The largest absolute Gasteiger partial charge is 0.369 e. The number of anilines is 1. The van der Waals surface area contributed by atoms with Gasteiger partial charge in [0, 0.05) is 30.7 Å². The van der Waals surface area contributed by atoms with Gasteiger partial charge in [0.2, 0.25) is 0 Å². The third-order valence-electron chi connectivity index (χ3n) is 4.37. The highest BCUT2D eigenvalue weighted by Gasteiger charge is 2.29. The van der Waals surface area contributed by atoms with Crippen LogP contribution in [0.15, 0.2) is 12.1 Å². The number of fused-ring (bicyclic) bond motifs is 1. The summed E-state index contributed by atoms with van der Waals surface area (Å²) in [5, 5.41) is 1.64. The average Bonchev–Trinajstić information content (AvgIpc) is 2.71. The average molecular weight is 299 g/mol. The molecular formula is C15H20Cl2N2. The van der Waals surface area contributed by atoms with Crippen molar-refractivity contribution >= 4 is 28.9 Å². The molecule has 4 heteroatoms. The molecule has 0 N–H and O–H groups in total. The minimum Gasteiger partial charge on any atom is -0.369 e. The lowest BCUT2D eigenvalue weighted by Gasteiger charge is -2.28. The SMILES string of the molecule is Cc1cc(Cl)c(N2CCCN3CCCC3C2)cc1Cl. The second-order valence-electron chi connectivity index (χ2n) is 5.68. The van der Waals surface area contributed by atoms with Crippen LogP contribution in [-0.2, 0) is 0 Å². The van der Waals surface area contributed by atoms with Crippen LogP contribution in [0.2, 0.25) is 10.0 Å². The molecule has 0 saturated carbocycles. The number of hydrogen-bond donors (Lipinski definition) is 0. The molecule has 19 heavy (non-hydrogen) atoms. The first-order chi connectivity index (χ1) is 9.15. The molecule has 104 valence electrons. The van der Waals surface area contributed by atoms with Gasteiger partial charge in [0.15, 0.2) is 0 Å². The molecule has 0 spiro atoms. The second kappa shape index (κ2) is 5.51. The van der Waals surface area contributed by atoms with E-state index < -0.39 is 0 Å². The quantitative estimate of drug-likeness (QED) is 0.774. The normalized spacial score (nSPS) is 24.4. The Morgan fingerprint density at radius 1 is 1.05 bits per heavy atom. The standard InChI is InChI=1S/C15H20Cl2N2/c1-11-8-14(17)15(9-13(11)16)19-7-3-6-18-5-2-4-12(18)10-19/h8-9,12H,2-7,10H2,1H3. The Morgan fingerprint density at radius 3 is 2.68 bits per heavy atom. The first-order valence-electron chi connectivity index (χ1n) is 7.10. The van der Waals surface area contributed by atoms with E-state index in [1.807, 2.05) is 19.1 Å². The van der Waals surface area contributed by atoms with Gasteiger partial charge in [-0.2, -0.15) is 0 Å². The van der Waals surface area contributed by atoms with Crippen molar-refractivity contribution in [2.75, 3.05) is 31.1 Å². The molecule has 0 radical (unpaired) electrons. The topological polar surface area (TPSA) is 6.48 Å². The van der Waals surface area contributed by atoms with Crippen molar-refractivity contribution in [2.24, 2.45) is 0 Å². The second-order valence-corrected chi connectivity index (χ2v) is 6.50. The summed E-state index contributed by atoms with van der Waals surface area (Å²) in [6, 6.07) is 4.71. The summed E-state index contributed by atoms with van der Waals surface area (Å²) in [6.45, 7) is 6.64. The molecule has 0 bridgehead atoms. The molecule has 1 aromatic carbocycles. The Bertz CT molecular complexity index is 475. The van der Waals surface area contributed by atoms with Crippen LogP contribution in [-0.4, -0.2) is 37.1 Å². The first kappa shape index (κ1) is 13.5. The summed E-state index contributed by atoms with van der Waals surface area (Å²) in [7, 11) is 0. The fraction of sp³-hybridized carbons (Fsp3) is 0.600. The van der Waals surface area contributed by atoms with Crippen molar-refractivity contribution in [1.29, 1.82) is 0 Å². The van der Waals surface area contributed by atoms with E-state index in [1.54, 1.807) is 0 Å². The van der Waals surface area contributed by atoms with Crippen LogP contribution in [0.5, 0.6) is 0 Å². The summed E-state index contributed by atoms with van der Waals surface area (Å²) in [5.41, 5.74) is 2.15. The van der Waals surface area contributed by atoms with Gasteiger partial charge >= 0.3 is 0 Å². The molecule has 2 aliphatic rings. The molecular weight excluding hydrogens is 279 g/mol. The van der Waals surface area contributed by atoms with E-state index in [9.17, 15) is 0 Å². The summed E-state index contributed by atoms with van der Waals surface area (Å²) in [4.78, 5) is 5.05. The Balaban J connectivity index is 1.86. The summed E-state index contributed by atoms with van der Waals surface area (Å²) in [5.74, 6) is 0. The van der Waals surface area contributed by atoms with E-state index in [0.717, 1.165) is 34.4 Å². The molecule has 1 atom stereocenters. The van der Waals surface area contributed by atoms with E-state index in [2.05, 4.69) is 9.80 Å². The van der Waals surface area contributed by atoms with E-state index in [-0.39, 0.29) is 0 Å². The van der Waals surface area contributed by atoms with Gasteiger partial charge in [-0.3, -0.25) is 4.90 Å². The van der Waals surface area contributed by atoms with Gasteiger partial charge in [0.25, 0.3) is 0 Å². The molecule has 2 aliphatic heterocycles. The molecule has 0 aliphatic carbocycles. The van der Waals surface area contributed by atoms with Crippen molar-refractivity contribution in [2.45, 2.75) is 32.2 Å². The lowest BCUT2D eigenvalue weighted by molar-refractivity contribution is 0.273. The Labute approximate surface area is 125 Å². The van der Waals surface area contributed by atoms with Crippen molar-refractivity contribution < 1.29 is 0 Å². The Kier molecular flexibility index (Phi) is 3.93. The zero-order chi connectivity index (χ0) is 13.4. The predicted molar refractivity (Wildman–Crippen MR) is 82.6 cm³/mol. The maximum atomic E-state index is 6.42. The molecule has 2 saturated heterocycles. The van der Waals surface area contributed by atoms with Crippen molar-refractivity contribution in [1.82, 2.24) is 4.90 Å². The third kappa shape index (κ3) is 2.72. The van der Waals surface area contributed by atoms with E-state index in [1.165, 1.54) is 32.4 Å². The predicted octanol–water partition coefficient (Wildman–Crippen LogP) is 3.98. The summed E-state index contributed by atoms with van der Waals surface area (Å²) in [6.07, 6.45) is 3.85. The molecule has 0 amide bonds. The number of aryl methyl sites for hydroxylation is 1. The van der Waals surface area contributed by atoms with Crippen LogP contribution >= 0.6 is 23.2 Å². The number of benzene rings is 1. The number of hydrogen-bond acceptors (Lipinski definition) is 2. The monoisotopic (exact) mass is 298 g/mol. The zero-order valence-corrected chi connectivity index (χ0v) is 12.8. The van der Waals surface area contributed by atoms with Gasteiger partial charge in [0.05, 0.1) is 10.7 Å². The van der Waals surface area contributed by atoms with Gasteiger partial charge in [-0.25, -0.2) is 0 Å². The molecule has 0 aromatic heterocycles. The van der Waals surface area contributed by atoms with Gasteiger partial charge in [-0.05, 0) is 50.4 Å². The van der Waals surface area contributed by atoms with Crippen LogP contribution in [0, 0.1) is 6.92 Å². The fourth-order valence-electron chi connectivity index (χ4n) is 3.30. The van der Waals surface area contributed by atoms with E-state index in [0.29, 0.717) is 6.04 Å². The Morgan fingerprint density at radius 2 is 1.84 bits per heavy atom. The molecule has 1 unspecified atom stereocenters. The lowest BCUT2D eigenvalue weighted by Crippen LogP contribution is -2.36. The van der Waals surface area contributed by atoms with Crippen LogP contribution in [0.25, 0.3) is 0 Å². The van der Waals surface area contributed by atoms with E-state index in [4.69, 9.17) is 23.2 Å². The van der Waals surface area contributed by atoms with Crippen molar-refractivity contribution in [3.63, 3.8) is 0 Å². The zero-order valence-electron chi connectivity index (χ0n) is 11.3.